The monoisotopic (exact) mass is 246 g/mol. The summed E-state index contributed by atoms with van der Waals surface area (Å²) in [5.74, 6) is -0.236. The largest absolute Gasteiger partial charge is 0.454 e. The van der Waals surface area contributed by atoms with E-state index in [0.717, 1.165) is 0 Å². The van der Waals surface area contributed by atoms with Crippen LogP contribution in [0.4, 0.5) is 0 Å². The van der Waals surface area contributed by atoms with Crippen molar-refractivity contribution in [2.45, 2.75) is 26.4 Å². The number of carbonyl (C=O) groups is 1. The van der Waals surface area contributed by atoms with Gasteiger partial charge in [-0.3, -0.25) is 0 Å². The van der Waals surface area contributed by atoms with Gasteiger partial charge in [-0.2, -0.15) is 0 Å². The maximum atomic E-state index is 11.3. The lowest BCUT2D eigenvalue weighted by Gasteiger charge is -2.18. The van der Waals surface area contributed by atoms with E-state index < -0.39 is 11.6 Å². The summed E-state index contributed by atoms with van der Waals surface area (Å²) in [6.45, 7) is 5.43. The van der Waals surface area contributed by atoms with Gasteiger partial charge < -0.3 is 9.72 Å². The van der Waals surface area contributed by atoms with Crippen molar-refractivity contribution in [3.8, 4) is 0 Å². The van der Waals surface area contributed by atoms with Crippen LogP contribution in [-0.4, -0.2) is 21.5 Å². The highest BCUT2D eigenvalue weighted by atomic mass is 79.9. The van der Waals surface area contributed by atoms with E-state index in [1.165, 1.54) is 0 Å². The first-order valence-corrected chi connectivity index (χ1v) is 4.62. The third kappa shape index (κ3) is 3.18. The van der Waals surface area contributed by atoms with Crippen molar-refractivity contribution in [3.63, 3.8) is 0 Å². The second-order valence-corrected chi connectivity index (χ2v) is 4.39. The number of nitrogens with zero attached hydrogens (tertiary/aromatic N) is 1. The van der Waals surface area contributed by atoms with E-state index in [0.29, 0.717) is 4.60 Å². The Kier molecular flexibility index (Phi) is 2.75. The fraction of sp³-hybridized carbons (Fsp3) is 0.500. The van der Waals surface area contributed by atoms with Gasteiger partial charge in [0.05, 0.1) is 0 Å². The molecule has 0 aliphatic heterocycles. The maximum absolute atomic E-state index is 11.3. The smallest absolute Gasteiger partial charge is 0.374 e. The average Bonchev–Trinajstić information content (AvgIpc) is 2.31. The fourth-order valence-electron chi connectivity index (χ4n) is 0.730. The minimum Gasteiger partial charge on any atom is -0.454 e. The summed E-state index contributed by atoms with van der Waals surface area (Å²) in [5.41, 5.74) is -0.490. The molecule has 0 unspecified atom stereocenters. The van der Waals surface area contributed by atoms with Crippen LogP contribution in [0.5, 0.6) is 0 Å². The number of nitrogens with one attached hydrogen (secondary N) is 1. The van der Waals surface area contributed by atoms with Gasteiger partial charge in [-0.1, -0.05) is 0 Å². The molecule has 0 aliphatic rings. The van der Waals surface area contributed by atoms with E-state index in [4.69, 9.17) is 4.74 Å². The summed E-state index contributed by atoms with van der Waals surface area (Å²) < 4.78 is 5.67. The lowest BCUT2D eigenvalue weighted by molar-refractivity contribution is 0.00567. The summed E-state index contributed by atoms with van der Waals surface area (Å²) in [6.07, 6.45) is 1.58. The molecule has 13 heavy (non-hydrogen) atoms. The highest BCUT2D eigenvalue weighted by Gasteiger charge is 2.19. The Morgan fingerprint density at radius 1 is 1.62 bits per heavy atom. The normalized spacial score (nSPS) is 11.4. The molecule has 0 atom stereocenters. The van der Waals surface area contributed by atoms with Crippen molar-refractivity contribution in [1.29, 1.82) is 0 Å². The quantitative estimate of drug-likeness (QED) is 0.773. The van der Waals surface area contributed by atoms with E-state index in [-0.39, 0.29) is 5.82 Å². The third-order valence-corrected chi connectivity index (χ3v) is 1.55. The summed E-state index contributed by atoms with van der Waals surface area (Å²) in [7, 11) is 0. The maximum Gasteiger partial charge on any atom is 0.374 e. The fourth-order valence-corrected chi connectivity index (χ4v) is 1.02. The lowest BCUT2D eigenvalue weighted by Crippen LogP contribution is -2.24. The van der Waals surface area contributed by atoms with Crippen molar-refractivity contribution >= 4 is 21.9 Å². The van der Waals surface area contributed by atoms with Crippen LogP contribution in [0.3, 0.4) is 0 Å². The number of H-pyrrole nitrogens is 1. The number of imidazole rings is 1. The molecule has 0 spiro atoms. The van der Waals surface area contributed by atoms with Gasteiger partial charge in [0.15, 0.2) is 0 Å². The molecule has 0 fully saturated rings. The van der Waals surface area contributed by atoms with Gasteiger partial charge >= 0.3 is 5.97 Å². The van der Waals surface area contributed by atoms with E-state index in [1.807, 2.05) is 20.8 Å². The highest BCUT2D eigenvalue weighted by Crippen LogP contribution is 2.11. The third-order valence-electron chi connectivity index (χ3n) is 1.14. The number of aromatic nitrogens is 2. The average molecular weight is 247 g/mol. The number of esters is 1. The van der Waals surface area contributed by atoms with E-state index in [1.54, 1.807) is 6.20 Å². The number of rotatable bonds is 1. The van der Waals surface area contributed by atoms with Crippen LogP contribution < -0.4 is 0 Å². The molecular formula is C8H11BrN2O2. The number of ether oxygens (including phenoxy) is 1. The van der Waals surface area contributed by atoms with Crippen LogP contribution in [-0.2, 0) is 4.74 Å². The van der Waals surface area contributed by atoms with Crippen molar-refractivity contribution in [2.75, 3.05) is 0 Å². The van der Waals surface area contributed by atoms with Crippen LogP contribution in [0.15, 0.2) is 10.8 Å². The first kappa shape index (κ1) is 10.2. The zero-order valence-corrected chi connectivity index (χ0v) is 9.31. The zero-order chi connectivity index (χ0) is 10.1. The van der Waals surface area contributed by atoms with Gasteiger partial charge in [-0.05, 0) is 36.7 Å². The minimum atomic E-state index is -0.490. The summed E-state index contributed by atoms with van der Waals surface area (Å²) in [5, 5.41) is 0. The van der Waals surface area contributed by atoms with Crippen LogP contribution in [0.2, 0.25) is 0 Å². The number of aromatic amines is 1. The molecule has 4 nitrogen and oxygen atoms in total. The number of hydrogen-bond donors (Lipinski definition) is 1. The van der Waals surface area contributed by atoms with E-state index >= 15 is 0 Å². The van der Waals surface area contributed by atoms with Crippen molar-refractivity contribution in [2.24, 2.45) is 0 Å². The van der Waals surface area contributed by atoms with Gasteiger partial charge in [0, 0.05) is 6.20 Å². The SMILES string of the molecule is CC(C)(C)OC(=O)c1nc(Br)c[nH]1. The molecule has 0 aliphatic carbocycles. The van der Waals surface area contributed by atoms with Gasteiger partial charge in [-0.25, -0.2) is 9.78 Å². The van der Waals surface area contributed by atoms with Crippen LogP contribution >= 0.6 is 15.9 Å². The molecule has 0 aromatic carbocycles. The topological polar surface area (TPSA) is 55.0 Å². The van der Waals surface area contributed by atoms with Gasteiger partial charge in [0.25, 0.3) is 0 Å². The molecule has 0 radical (unpaired) electrons. The molecule has 1 rings (SSSR count). The Morgan fingerprint density at radius 3 is 2.62 bits per heavy atom. The Morgan fingerprint density at radius 2 is 2.23 bits per heavy atom. The molecule has 0 saturated heterocycles. The van der Waals surface area contributed by atoms with Crippen LogP contribution in [0, 0.1) is 0 Å². The van der Waals surface area contributed by atoms with Crippen molar-refractivity contribution < 1.29 is 9.53 Å². The molecule has 1 aromatic rings. The van der Waals surface area contributed by atoms with Crippen LogP contribution in [0.1, 0.15) is 31.4 Å². The second kappa shape index (κ2) is 3.49. The van der Waals surface area contributed by atoms with Gasteiger partial charge in [0.1, 0.15) is 10.2 Å². The highest BCUT2D eigenvalue weighted by molar-refractivity contribution is 9.10. The second-order valence-electron chi connectivity index (χ2n) is 3.57. The molecule has 1 N–H and O–H groups in total. The van der Waals surface area contributed by atoms with E-state index in [9.17, 15) is 4.79 Å². The van der Waals surface area contributed by atoms with Crippen molar-refractivity contribution in [3.05, 3.63) is 16.6 Å². The lowest BCUT2D eigenvalue weighted by atomic mass is 10.2. The molecular weight excluding hydrogens is 236 g/mol. The Balaban J connectivity index is 2.70. The number of halogens is 1. The Hall–Kier alpha value is -0.840. The van der Waals surface area contributed by atoms with Crippen LogP contribution in [0.25, 0.3) is 0 Å². The first-order valence-electron chi connectivity index (χ1n) is 3.83. The van der Waals surface area contributed by atoms with Gasteiger partial charge in [-0.15, -0.1) is 0 Å². The molecule has 0 saturated carbocycles. The standard InChI is InChI=1S/C8H11BrN2O2/c1-8(2,3)13-7(12)6-10-4-5(9)11-6/h4H,1-3H3,(H,10,11). The molecule has 0 bridgehead atoms. The molecule has 1 heterocycles. The molecule has 72 valence electrons. The Bertz CT molecular complexity index is 314. The summed E-state index contributed by atoms with van der Waals surface area (Å²) in [4.78, 5) is 17.9. The molecule has 0 amide bonds. The Labute approximate surface area is 84.8 Å². The zero-order valence-electron chi connectivity index (χ0n) is 7.72. The number of carbonyl (C=O) groups excluding carboxylic acids is 1. The minimum absolute atomic E-state index is 0.210. The first-order chi connectivity index (χ1) is 5.88. The molecule has 1 aromatic heterocycles. The summed E-state index contributed by atoms with van der Waals surface area (Å²) >= 11 is 3.13. The summed E-state index contributed by atoms with van der Waals surface area (Å²) in [6, 6.07) is 0. The predicted octanol–water partition coefficient (Wildman–Crippen LogP) is 2.13. The predicted molar refractivity (Wildman–Crippen MR) is 51.5 cm³/mol. The number of hydrogen-bond acceptors (Lipinski definition) is 3. The van der Waals surface area contributed by atoms with Crippen molar-refractivity contribution in [1.82, 2.24) is 9.97 Å². The van der Waals surface area contributed by atoms with E-state index in [2.05, 4.69) is 25.9 Å². The molecule has 5 heteroatoms. The van der Waals surface area contributed by atoms with Gasteiger partial charge in [0.2, 0.25) is 5.82 Å².